The lowest BCUT2D eigenvalue weighted by Crippen LogP contribution is -2.41. The Labute approximate surface area is 110 Å². The first-order chi connectivity index (χ1) is 5.91. The highest BCUT2D eigenvalue weighted by Gasteiger charge is 2.28. The molecule has 13 heavy (non-hydrogen) atoms. The van der Waals surface area contributed by atoms with Crippen LogP contribution >= 0.6 is 45.2 Å². The van der Waals surface area contributed by atoms with Crippen molar-refractivity contribution in [3.05, 3.63) is 0 Å². The third-order valence-electron chi connectivity index (χ3n) is 1.40. The van der Waals surface area contributed by atoms with E-state index >= 15 is 0 Å². The summed E-state index contributed by atoms with van der Waals surface area (Å²) in [7, 11) is -1.88. The van der Waals surface area contributed by atoms with Gasteiger partial charge in [-0.05, 0) is 26.9 Å². The third kappa shape index (κ3) is 7.52. The Balaban J connectivity index is 3.92. The second-order valence-corrected chi connectivity index (χ2v) is 8.60. The average Bonchev–Trinajstić information content (AvgIpc) is 2.02. The lowest BCUT2D eigenvalue weighted by Gasteiger charge is -2.28. The number of halogens is 2. The summed E-state index contributed by atoms with van der Waals surface area (Å²) in [5.74, 6) is 0. The Morgan fingerprint density at radius 2 is 1.31 bits per heavy atom. The van der Waals surface area contributed by atoms with E-state index in [1.54, 1.807) is 0 Å². The molecule has 80 valence electrons. The van der Waals surface area contributed by atoms with Gasteiger partial charge in [-0.1, -0.05) is 45.2 Å². The van der Waals surface area contributed by atoms with Gasteiger partial charge in [-0.2, -0.15) is 0 Å². The summed E-state index contributed by atoms with van der Waals surface area (Å²) in [4.78, 5) is 0. The SMILES string of the molecule is CC(CI)O[Si](C)(C)OC(C)CI. The van der Waals surface area contributed by atoms with E-state index in [-0.39, 0.29) is 0 Å². The highest BCUT2D eigenvalue weighted by Crippen LogP contribution is 2.14. The number of hydrogen-bond donors (Lipinski definition) is 0. The minimum absolute atomic E-state index is 0.309. The fourth-order valence-corrected chi connectivity index (χ4v) is 4.26. The molecule has 0 saturated heterocycles. The van der Waals surface area contributed by atoms with Crippen molar-refractivity contribution in [3.63, 3.8) is 0 Å². The van der Waals surface area contributed by atoms with E-state index in [1.165, 1.54) is 0 Å². The van der Waals surface area contributed by atoms with E-state index in [4.69, 9.17) is 8.85 Å². The van der Waals surface area contributed by atoms with Gasteiger partial charge < -0.3 is 8.85 Å². The largest absolute Gasteiger partial charge is 0.391 e. The first-order valence-corrected chi connectivity index (χ1v) is 10.3. The van der Waals surface area contributed by atoms with Crippen molar-refractivity contribution in [2.75, 3.05) is 8.86 Å². The van der Waals surface area contributed by atoms with Gasteiger partial charge in [0.1, 0.15) is 0 Å². The van der Waals surface area contributed by atoms with E-state index < -0.39 is 8.56 Å². The molecular formula is C8H18I2O2Si. The fraction of sp³-hybridized carbons (Fsp3) is 1.00. The average molecular weight is 428 g/mol. The normalized spacial score (nSPS) is 17.1. The Kier molecular flexibility index (Phi) is 7.82. The molecular weight excluding hydrogens is 410 g/mol. The minimum Gasteiger partial charge on any atom is -0.391 e. The van der Waals surface area contributed by atoms with Crippen LogP contribution in [0.25, 0.3) is 0 Å². The van der Waals surface area contributed by atoms with Crippen molar-refractivity contribution in [2.45, 2.75) is 39.1 Å². The maximum absolute atomic E-state index is 5.87. The van der Waals surface area contributed by atoms with E-state index in [1.807, 2.05) is 0 Å². The van der Waals surface area contributed by atoms with Gasteiger partial charge >= 0.3 is 8.56 Å². The zero-order chi connectivity index (χ0) is 10.5. The van der Waals surface area contributed by atoms with Crippen molar-refractivity contribution < 1.29 is 8.85 Å². The summed E-state index contributed by atoms with van der Waals surface area (Å²) in [6.45, 7) is 8.41. The molecule has 0 amide bonds. The van der Waals surface area contributed by atoms with Crippen LogP contribution in [0.3, 0.4) is 0 Å². The molecule has 0 bridgehead atoms. The van der Waals surface area contributed by atoms with Gasteiger partial charge in [-0.25, -0.2) is 0 Å². The van der Waals surface area contributed by atoms with Crippen LogP contribution < -0.4 is 0 Å². The van der Waals surface area contributed by atoms with Crippen LogP contribution in [0.1, 0.15) is 13.8 Å². The highest BCUT2D eigenvalue weighted by molar-refractivity contribution is 14.1. The van der Waals surface area contributed by atoms with Crippen molar-refractivity contribution in [2.24, 2.45) is 0 Å². The molecule has 0 aromatic heterocycles. The summed E-state index contributed by atoms with van der Waals surface area (Å²) >= 11 is 4.67. The molecule has 2 nitrogen and oxygen atoms in total. The van der Waals surface area contributed by atoms with E-state index in [0.717, 1.165) is 8.86 Å². The van der Waals surface area contributed by atoms with E-state index in [0.29, 0.717) is 12.2 Å². The molecule has 0 aliphatic heterocycles. The van der Waals surface area contributed by atoms with Crippen LogP contribution in [0.15, 0.2) is 0 Å². The predicted molar refractivity (Wildman–Crippen MR) is 76.4 cm³/mol. The third-order valence-corrected chi connectivity index (χ3v) is 5.83. The van der Waals surface area contributed by atoms with Gasteiger partial charge in [0, 0.05) is 8.86 Å². The summed E-state index contributed by atoms with van der Waals surface area (Å²) < 4.78 is 13.8. The van der Waals surface area contributed by atoms with Crippen LogP contribution in [0.2, 0.25) is 13.1 Å². The molecule has 0 radical (unpaired) electrons. The van der Waals surface area contributed by atoms with Crippen molar-refractivity contribution in [3.8, 4) is 0 Å². The lowest BCUT2D eigenvalue weighted by atomic mass is 10.5. The summed E-state index contributed by atoms with van der Waals surface area (Å²) in [5.41, 5.74) is 0. The molecule has 0 aliphatic carbocycles. The molecule has 0 spiro atoms. The Morgan fingerprint density at radius 3 is 1.54 bits per heavy atom. The highest BCUT2D eigenvalue weighted by atomic mass is 127. The van der Waals surface area contributed by atoms with Crippen LogP contribution in [-0.2, 0) is 8.85 Å². The minimum atomic E-state index is -1.88. The molecule has 2 atom stereocenters. The monoisotopic (exact) mass is 428 g/mol. The van der Waals surface area contributed by atoms with Crippen molar-refractivity contribution in [1.82, 2.24) is 0 Å². The Morgan fingerprint density at radius 1 is 1.00 bits per heavy atom. The molecule has 5 heteroatoms. The van der Waals surface area contributed by atoms with Gasteiger partial charge in [0.05, 0.1) is 12.2 Å². The number of alkyl halides is 2. The van der Waals surface area contributed by atoms with Crippen LogP contribution in [0.5, 0.6) is 0 Å². The van der Waals surface area contributed by atoms with Gasteiger partial charge in [0.15, 0.2) is 0 Å². The quantitative estimate of drug-likeness (QED) is 0.367. The molecule has 0 fully saturated rings. The molecule has 0 rings (SSSR count). The van der Waals surface area contributed by atoms with Crippen LogP contribution in [-0.4, -0.2) is 29.6 Å². The number of hydrogen-bond acceptors (Lipinski definition) is 2. The fourth-order valence-electron chi connectivity index (χ4n) is 1.06. The first-order valence-electron chi connectivity index (χ1n) is 4.39. The van der Waals surface area contributed by atoms with E-state index in [2.05, 4.69) is 72.1 Å². The zero-order valence-electron chi connectivity index (χ0n) is 8.64. The number of rotatable bonds is 6. The van der Waals surface area contributed by atoms with Gasteiger partial charge in [-0.15, -0.1) is 0 Å². The molecule has 0 aromatic rings. The predicted octanol–water partition coefficient (Wildman–Crippen LogP) is 3.37. The van der Waals surface area contributed by atoms with Gasteiger partial charge in [-0.3, -0.25) is 0 Å². The van der Waals surface area contributed by atoms with Gasteiger partial charge in [0.25, 0.3) is 0 Å². The molecule has 0 saturated carbocycles. The standard InChI is InChI=1S/C8H18I2O2Si/c1-7(5-9)11-13(3,4)12-8(2)6-10/h7-8H,5-6H2,1-4H3. The first kappa shape index (κ1) is 14.6. The van der Waals surface area contributed by atoms with Gasteiger partial charge in [0.2, 0.25) is 0 Å². The molecule has 0 aromatic carbocycles. The Bertz CT molecular complexity index is 130. The topological polar surface area (TPSA) is 18.5 Å². The van der Waals surface area contributed by atoms with Crippen molar-refractivity contribution >= 4 is 53.7 Å². The second kappa shape index (κ2) is 6.97. The summed E-state index contributed by atoms with van der Waals surface area (Å²) in [6, 6.07) is 0. The van der Waals surface area contributed by atoms with Crippen LogP contribution in [0.4, 0.5) is 0 Å². The second-order valence-electron chi connectivity index (χ2n) is 3.57. The Hall–Kier alpha value is 1.60. The van der Waals surface area contributed by atoms with E-state index in [9.17, 15) is 0 Å². The maximum atomic E-state index is 5.87. The molecule has 2 unspecified atom stereocenters. The summed E-state index contributed by atoms with van der Waals surface area (Å²) in [6.07, 6.45) is 0.618. The van der Waals surface area contributed by atoms with Crippen molar-refractivity contribution in [1.29, 1.82) is 0 Å². The molecule has 0 aliphatic rings. The molecule has 0 N–H and O–H groups in total. The summed E-state index contributed by atoms with van der Waals surface area (Å²) in [5, 5.41) is 0. The van der Waals surface area contributed by atoms with Crippen LogP contribution in [0, 0.1) is 0 Å². The maximum Gasteiger partial charge on any atom is 0.332 e. The zero-order valence-corrected chi connectivity index (χ0v) is 14.0. The smallest absolute Gasteiger partial charge is 0.332 e. The lowest BCUT2D eigenvalue weighted by molar-refractivity contribution is 0.120. The molecule has 0 heterocycles.